The highest BCUT2D eigenvalue weighted by Gasteiger charge is 2.28. The van der Waals surface area contributed by atoms with Crippen LogP contribution >= 0.6 is 0 Å². The number of carboxylic acid groups (broad SMARTS) is 1. The summed E-state index contributed by atoms with van der Waals surface area (Å²) in [7, 11) is 0. The Morgan fingerprint density at radius 3 is 2.05 bits per heavy atom. The molecule has 0 aliphatic rings. The topological polar surface area (TPSA) is 86.7 Å². The van der Waals surface area contributed by atoms with E-state index in [1.165, 1.54) is 4.90 Å². The number of likely N-dealkylation sites (N-methyl/N-ethyl adjacent to an activating group) is 1. The molecule has 2 N–H and O–H groups in total. The number of nitrogens with one attached hydrogen (secondary N) is 1. The molecule has 0 rings (SSSR count). The fourth-order valence-corrected chi connectivity index (χ4v) is 1.53. The molecule has 0 bridgehead atoms. The Kier molecular flexibility index (Phi) is 6.68. The average molecular weight is 286 g/mol. The summed E-state index contributed by atoms with van der Waals surface area (Å²) < 4.78 is 0. The Morgan fingerprint density at radius 2 is 1.70 bits per heavy atom. The van der Waals surface area contributed by atoms with Crippen LogP contribution in [0.5, 0.6) is 0 Å². The summed E-state index contributed by atoms with van der Waals surface area (Å²) in [6, 6.07) is -0.664. The van der Waals surface area contributed by atoms with E-state index in [4.69, 9.17) is 5.11 Å². The summed E-state index contributed by atoms with van der Waals surface area (Å²) in [6.07, 6.45) is 0. The minimum atomic E-state index is -0.942. The molecule has 0 aromatic heterocycles. The largest absolute Gasteiger partial charge is 0.481 e. The van der Waals surface area contributed by atoms with Crippen molar-refractivity contribution < 1.29 is 19.5 Å². The van der Waals surface area contributed by atoms with E-state index in [1.54, 1.807) is 41.5 Å². The molecule has 0 spiro atoms. The second-order valence-corrected chi connectivity index (χ2v) is 6.06. The third kappa shape index (κ3) is 5.59. The fourth-order valence-electron chi connectivity index (χ4n) is 1.53. The number of aliphatic carboxylic acids is 1. The standard InChI is InChI=1S/C14H26N2O4/c1-7-16(8-9(2)12(18)19)11(17)10(3)15-13(20)14(4,5)6/h9-10H,7-8H2,1-6H3,(H,15,20)(H,18,19). The molecule has 0 saturated heterocycles. The van der Waals surface area contributed by atoms with Gasteiger partial charge in [0.2, 0.25) is 11.8 Å². The Labute approximate surface area is 120 Å². The summed E-state index contributed by atoms with van der Waals surface area (Å²) in [5, 5.41) is 11.6. The van der Waals surface area contributed by atoms with Gasteiger partial charge in [-0.25, -0.2) is 0 Å². The Bertz CT molecular complexity index is 374. The van der Waals surface area contributed by atoms with Crippen molar-refractivity contribution in [2.75, 3.05) is 13.1 Å². The van der Waals surface area contributed by atoms with E-state index >= 15 is 0 Å². The van der Waals surface area contributed by atoms with Gasteiger partial charge in [-0.15, -0.1) is 0 Å². The van der Waals surface area contributed by atoms with Gasteiger partial charge in [0.25, 0.3) is 0 Å². The van der Waals surface area contributed by atoms with Gasteiger partial charge in [-0.05, 0) is 13.8 Å². The molecule has 0 aromatic carbocycles. The van der Waals surface area contributed by atoms with Crippen LogP contribution in [0.15, 0.2) is 0 Å². The number of nitrogens with zero attached hydrogens (tertiary/aromatic N) is 1. The molecule has 2 amide bonds. The molecule has 0 aromatic rings. The van der Waals surface area contributed by atoms with E-state index in [1.807, 2.05) is 0 Å². The van der Waals surface area contributed by atoms with E-state index in [9.17, 15) is 14.4 Å². The van der Waals surface area contributed by atoms with Crippen molar-refractivity contribution in [2.24, 2.45) is 11.3 Å². The van der Waals surface area contributed by atoms with Crippen molar-refractivity contribution in [1.82, 2.24) is 10.2 Å². The molecule has 0 fully saturated rings. The monoisotopic (exact) mass is 286 g/mol. The Balaban J connectivity index is 4.68. The lowest BCUT2D eigenvalue weighted by Gasteiger charge is -2.28. The van der Waals surface area contributed by atoms with Gasteiger partial charge in [-0.1, -0.05) is 27.7 Å². The molecule has 0 heterocycles. The third-order valence-electron chi connectivity index (χ3n) is 3.01. The van der Waals surface area contributed by atoms with Gasteiger partial charge in [-0.2, -0.15) is 0 Å². The van der Waals surface area contributed by atoms with Crippen LogP contribution in [0.4, 0.5) is 0 Å². The number of hydrogen-bond acceptors (Lipinski definition) is 3. The van der Waals surface area contributed by atoms with Crippen LogP contribution in [0.3, 0.4) is 0 Å². The SMILES string of the molecule is CCN(CC(C)C(=O)O)C(=O)C(C)NC(=O)C(C)(C)C. The van der Waals surface area contributed by atoms with Crippen LogP contribution in [0.25, 0.3) is 0 Å². The Morgan fingerprint density at radius 1 is 1.20 bits per heavy atom. The normalized spacial score (nSPS) is 14.3. The van der Waals surface area contributed by atoms with Crippen LogP contribution in [0, 0.1) is 11.3 Å². The van der Waals surface area contributed by atoms with Gasteiger partial charge >= 0.3 is 5.97 Å². The van der Waals surface area contributed by atoms with Crippen molar-refractivity contribution in [3.63, 3.8) is 0 Å². The summed E-state index contributed by atoms with van der Waals surface area (Å²) in [4.78, 5) is 36.4. The van der Waals surface area contributed by atoms with E-state index in [-0.39, 0.29) is 18.4 Å². The number of amides is 2. The maximum absolute atomic E-state index is 12.2. The van der Waals surface area contributed by atoms with Crippen LogP contribution in [-0.2, 0) is 14.4 Å². The van der Waals surface area contributed by atoms with Crippen LogP contribution in [0.1, 0.15) is 41.5 Å². The number of carbonyl (C=O) groups is 3. The molecule has 0 aliphatic heterocycles. The first-order valence-electron chi connectivity index (χ1n) is 6.83. The lowest BCUT2D eigenvalue weighted by molar-refractivity contribution is -0.144. The second kappa shape index (κ2) is 7.26. The van der Waals surface area contributed by atoms with Gasteiger partial charge in [0.1, 0.15) is 6.04 Å². The molecule has 0 saturated carbocycles. The van der Waals surface area contributed by atoms with E-state index < -0.39 is 23.3 Å². The molecule has 6 nitrogen and oxygen atoms in total. The fraction of sp³-hybridized carbons (Fsp3) is 0.786. The molecule has 2 atom stereocenters. The molecular formula is C14H26N2O4. The van der Waals surface area contributed by atoms with Gasteiger partial charge in [0.05, 0.1) is 5.92 Å². The number of hydrogen-bond donors (Lipinski definition) is 2. The number of carboxylic acids is 1. The highest BCUT2D eigenvalue weighted by atomic mass is 16.4. The van der Waals surface area contributed by atoms with E-state index in [2.05, 4.69) is 5.32 Å². The second-order valence-electron chi connectivity index (χ2n) is 6.06. The number of rotatable bonds is 6. The molecule has 6 heteroatoms. The summed E-state index contributed by atoms with van der Waals surface area (Å²) >= 11 is 0. The van der Waals surface area contributed by atoms with Crippen molar-refractivity contribution in [3.05, 3.63) is 0 Å². The quantitative estimate of drug-likeness (QED) is 0.765. The zero-order chi connectivity index (χ0) is 16.1. The first-order chi connectivity index (χ1) is 9.00. The zero-order valence-corrected chi connectivity index (χ0v) is 13.2. The van der Waals surface area contributed by atoms with Crippen molar-refractivity contribution in [2.45, 2.75) is 47.6 Å². The summed E-state index contributed by atoms with van der Waals surface area (Å²) in [5.41, 5.74) is -0.570. The first kappa shape index (κ1) is 18.4. The molecule has 0 aliphatic carbocycles. The minimum absolute atomic E-state index is 0.139. The number of carbonyl (C=O) groups excluding carboxylic acids is 2. The minimum Gasteiger partial charge on any atom is -0.481 e. The average Bonchev–Trinajstić information content (AvgIpc) is 2.33. The van der Waals surface area contributed by atoms with Crippen LogP contribution in [-0.4, -0.2) is 46.9 Å². The smallest absolute Gasteiger partial charge is 0.308 e. The zero-order valence-electron chi connectivity index (χ0n) is 13.2. The summed E-state index contributed by atoms with van der Waals surface area (Å²) in [5.74, 6) is -2.05. The summed E-state index contributed by atoms with van der Waals surface area (Å²) in [6.45, 7) is 10.8. The molecule has 116 valence electrons. The molecule has 20 heavy (non-hydrogen) atoms. The van der Waals surface area contributed by atoms with Gasteiger partial charge in [0, 0.05) is 18.5 Å². The van der Waals surface area contributed by atoms with Gasteiger partial charge < -0.3 is 15.3 Å². The Hall–Kier alpha value is -1.59. The first-order valence-corrected chi connectivity index (χ1v) is 6.83. The van der Waals surface area contributed by atoms with Gasteiger partial charge in [0.15, 0.2) is 0 Å². The van der Waals surface area contributed by atoms with Gasteiger partial charge in [-0.3, -0.25) is 14.4 Å². The highest BCUT2D eigenvalue weighted by Crippen LogP contribution is 2.13. The maximum Gasteiger partial charge on any atom is 0.308 e. The molecule has 2 unspecified atom stereocenters. The predicted molar refractivity (Wildman–Crippen MR) is 76.1 cm³/mol. The van der Waals surface area contributed by atoms with E-state index in [0.29, 0.717) is 6.54 Å². The lowest BCUT2D eigenvalue weighted by Crippen LogP contribution is -2.50. The van der Waals surface area contributed by atoms with Crippen LogP contribution in [0.2, 0.25) is 0 Å². The molecule has 0 radical (unpaired) electrons. The van der Waals surface area contributed by atoms with Crippen molar-refractivity contribution in [1.29, 1.82) is 0 Å². The lowest BCUT2D eigenvalue weighted by atomic mass is 9.95. The van der Waals surface area contributed by atoms with Crippen molar-refractivity contribution >= 4 is 17.8 Å². The van der Waals surface area contributed by atoms with Crippen molar-refractivity contribution in [3.8, 4) is 0 Å². The predicted octanol–water partition coefficient (Wildman–Crippen LogP) is 1.11. The third-order valence-corrected chi connectivity index (χ3v) is 3.01. The molecular weight excluding hydrogens is 260 g/mol. The van der Waals surface area contributed by atoms with E-state index in [0.717, 1.165) is 0 Å². The van der Waals surface area contributed by atoms with Crippen LogP contribution < -0.4 is 5.32 Å². The maximum atomic E-state index is 12.2. The highest BCUT2D eigenvalue weighted by molar-refractivity contribution is 5.89.